The average Bonchev–Trinajstić information content (AvgIpc) is 2.72. The molecule has 0 saturated carbocycles. The zero-order valence-electron chi connectivity index (χ0n) is 17.3. The monoisotopic (exact) mass is 402 g/mol. The van der Waals surface area contributed by atoms with Gasteiger partial charge in [-0.05, 0) is 38.1 Å². The van der Waals surface area contributed by atoms with Crippen molar-refractivity contribution in [1.82, 2.24) is 13.7 Å². The Kier molecular flexibility index (Phi) is 4.66. The highest BCUT2D eigenvalue weighted by Gasteiger charge is 2.19. The second-order valence-electron chi connectivity index (χ2n) is 7.46. The highest BCUT2D eigenvalue weighted by Crippen LogP contribution is 2.23. The second-order valence-corrected chi connectivity index (χ2v) is 7.46. The highest BCUT2D eigenvalue weighted by atomic mass is 16.2. The summed E-state index contributed by atoms with van der Waals surface area (Å²) in [5, 5.41) is 3.44. The van der Waals surface area contributed by atoms with Gasteiger partial charge < -0.3 is 5.32 Å². The number of nitrogens with one attached hydrogen (secondary N) is 1. The standard InChI is InChI=1S/C23H22N4O3/c1-14-5-9-16(10-6-14)24-18-13-19(28)25(3)21-20(18)22(29)26(4)23(30)27(21)17-11-7-15(2)8-12-17/h5-13,24H,1-4H3. The molecule has 0 bridgehead atoms. The largest absolute Gasteiger partial charge is 0.355 e. The van der Waals surface area contributed by atoms with E-state index < -0.39 is 11.2 Å². The molecule has 2 aromatic carbocycles. The summed E-state index contributed by atoms with van der Waals surface area (Å²) in [6, 6.07) is 16.4. The van der Waals surface area contributed by atoms with Gasteiger partial charge in [0.1, 0.15) is 11.0 Å². The minimum atomic E-state index is -0.515. The summed E-state index contributed by atoms with van der Waals surface area (Å²) in [4.78, 5) is 38.9. The van der Waals surface area contributed by atoms with Crippen molar-refractivity contribution in [2.75, 3.05) is 5.32 Å². The topological polar surface area (TPSA) is 78.0 Å². The van der Waals surface area contributed by atoms with E-state index >= 15 is 0 Å². The molecule has 0 aliphatic carbocycles. The predicted octanol–water partition coefficient (Wildman–Crippen LogP) is 2.75. The third-order valence-corrected chi connectivity index (χ3v) is 5.24. The van der Waals surface area contributed by atoms with Crippen LogP contribution in [0.5, 0.6) is 0 Å². The van der Waals surface area contributed by atoms with Crippen molar-refractivity contribution < 1.29 is 0 Å². The Balaban J connectivity index is 2.11. The molecule has 0 radical (unpaired) electrons. The molecule has 4 rings (SSSR count). The second kappa shape index (κ2) is 7.18. The molecule has 0 atom stereocenters. The van der Waals surface area contributed by atoms with Crippen LogP contribution in [0.15, 0.2) is 69.0 Å². The van der Waals surface area contributed by atoms with Gasteiger partial charge in [-0.1, -0.05) is 35.4 Å². The average molecular weight is 402 g/mol. The summed E-state index contributed by atoms with van der Waals surface area (Å²) in [7, 11) is 3.00. The number of anilines is 2. The highest BCUT2D eigenvalue weighted by molar-refractivity contribution is 5.91. The van der Waals surface area contributed by atoms with E-state index in [1.54, 1.807) is 19.2 Å². The Labute approximate surface area is 172 Å². The molecular formula is C23H22N4O3. The maximum Gasteiger partial charge on any atom is 0.336 e. The van der Waals surface area contributed by atoms with E-state index in [1.165, 1.54) is 22.2 Å². The first-order chi connectivity index (χ1) is 14.3. The number of hydrogen-bond acceptors (Lipinski definition) is 4. The third-order valence-electron chi connectivity index (χ3n) is 5.24. The molecule has 0 spiro atoms. The molecule has 7 nitrogen and oxygen atoms in total. The lowest BCUT2D eigenvalue weighted by Gasteiger charge is -2.18. The van der Waals surface area contributed by atoms with E-state index in [0.717, 1.165) is 21.4 Å². The zero-order chi connectivity index (χ0) is 21.6. The molecule has 7 heteroatoms. The lowest BCUT2D eigenvalue weighted by atomic mass is 10.2. The van der Waals surface area contributed by atoms with E-state index in [0.29, 0.717) is 11.4 Å². The molecule has 2 heterocycles. The fourth-order valence-corrected chi connectivity index (χ4v) is 3.47. The zero-order valence-corrected chi connectivity index (χ0v) is 17.3. The number of hydrogen-bond donors (Lipinski definition) is 1. The Morgan fingerprint density at radius 2 is 1.33 bits per heavy atom. The van der Waals surface area contributed by atoms with Gasteiger partial charge in [-0.15, -0.1) is 0 Å². The van der Waals surface area contributed by atoms with Crippen LogP contribution in [0.2, 0.25) is 0 Å². The molecular weight excluding hydrogens is 380 g/mol. The van der Waals surface area contributed by atoms with E-state index in [1.807, 2.05) is 50.2 Å². The van der Waals surface area contributed by atoms with E-state index in [9.17, 15) is 14.4 Å². The lowest BCUT2D eigenvalue weighted by molar-refractivity contribution is 0.729. The van der Waals surface area contributed by atoms with Crippen LogP contribution < -0.4 is 22.1 Å². The third kappa shape index (κ3) is 3.14. The van der Waals surface area contributed by atoms with Crippen molar-refractivity contribution >= 4 is 22.4 Å². The van der Waals surface area contributed by atoms with Gasteiger partial charge in [-0.3, -0.25) is 18.7 Å². The molecule has 0 saturated heterocycles. The number of rotatable bonds is 3. The number of benzene rings is 2. The van der Waals surface area contributed by atoms with E-state index in [-0.39, 0.29) is 16.6 Å². The maximum atomic E-state index is 13.1. The molecule has 30 heavy (non-hydrogen) atoms. The van der Waals surface area contributed by atoms with Crippen LogP contribution >= 0.6 is 0 Å². The predicted molar refractivity (Wildman–Crippen MR) is 119 cm³/mol. The molecule has 2 aromatic heterocycles. The van der Waals surface area contributed by atoms with Crippen LogP contribution in [0.3, 0.4) is 0 Å². The first-order valence-electron chi connectivity index (χ1n) is 9.54. The summed E-state index contributed by atoms with van der Waals surface area (Å²) in [5.41, 5.74) is 2.74. The number of aromatic nitrogens is 3. The first-order valence-corrected chi connectivity index (χ1v) is 9.54. The van der Waals surface area contributed by atoms with Crippen molar-refractivity contribution in [2.24, 2.45) is 14.1 Å². The molecule has 152 valence electrons. The quantitative estimate of drug-likeness (QED) is 0.572. The van der Waals surface area contributed by atoms with E-state index in [4.69, 9.17) is 0 Å². The normalized spacial score (nSPS) is 11.1. The van der Waals surface area contributed by atoms with Crippen LogP contribution in [0, 0.1) is 13.8 Å². The van der Waals surface area contributed by atoms with Gasteiger partial charge in [0.15, 0.2) is 0 Å². The van der Waals surface area contributed by atoms with Gasteiger partial charge >= 0.3 is 5.69 Å². The first kappa shape index (κ1) is 19.4. The molecule has 0 unspecified atom stereocenters. The van der Waals surface area contributed by atoms with Gasteiger partial charge in [0.25, 0.3) is 11.1 Å². The fraction of sp³-hybridized carbons (Fsp3) is 0.174. The maximum absolute atomic E-state index is 13.1. The SMILES string of the molecule is Cc1ccc(Nc2cc(=O)n(C)c3c2c(=O)n(C)c(=O)n3-c2ccc(C)cc2)cc1. The number of nitrogens with zero attached hydrogens (tertiary/aromatic N) is 3. The van der Waals surface area contributed by atoms with Gasteiger partial charge in [-0.2, -0.15) is 0 Å². The Morgan fingerprint density at radius 3 is 1.93 bits per heavy atom. The summed E-state index contributed by atoms with van der Waals surface area (Å²) < 4.78 is 3.79. The van der Waals surface area contributed by atoms with Crippen molar-refractivity contribution in [3.8, 4) is 5.69 Å². The van der Waals surface area contributed by atoms with Gasteiger partial charge in [0.2, 0.25) is 0 Å². The number of pyridine rings is 1. The van der Waals surface area contributed by atoms with Crippen LogP contribution in [0.1, 0.15) is 11.1 Å². The molecule has 0 aliphatic rings. The van der Waals surface area contributed by atoms with E-state index in [2.05, 4.69) is 5.32 Å². The Bertz CT molecular complexity index is 1440. The molecule has 0 fully saturated rings. The summed E-state index contributed by atoms with van der Waals surface area (Å²) in [5.74, 6) is 0. The molecule has 4 aromatic rings. The number of fused-ring (bicyclic) bond motifs is 1. The van der Waals surface area contributed by atoms with Crippen molar-refractivity contribution in [1.29, 1.82) is 0 Å². The Morgan fingerprint density at radius 1 is 0.767 bits per heavy atom. The van der Waals surface area contributed by atoms with Crippen LogP contribution in [-0.4, -0.2) is 13.7 Å². The lowest BCUT2D eigenvalue weighted by Crippen LogP contribution is -2.40. The minimum absolute atomic E-state index is 0.245. The molecule has 0 aliphatic heterocycles. The summed E-state index contributed by atoms with van der Waals surface area (Å²) in [6.45, 7) is 3.93. The van der Waals surface area contributed by atoms with Crippen LogP contribution in [-0.2, 0) is 14.1 Å². The summed E-state index contributed by atoms with van der Waals surface area (Å²) >= 11 is 0. The molecule has 0 amide bonds. The smallest absolute Gasteiger partial charge is 0.336 e. The van der Waals surface area contributed by atoms with Crippen molar-refractivity contribution in [3.63, 3.8) is 0 Å². The van der Waals surface area contributed by atoms with Gasteiger partial charge in [0.05, 0.1) is 11.4 Å². The van der Waals surface area contributed by atoms with Crippen LogP contribution in [0.25, 0.3) is 16.7 Å². The summed E-state index contributed by atoms with van der Waals surface area (Å²) in [6.07, 6.45) is 0. The van der Waals surface area contributed by atoms with Gasteiger partial charge in [0, 0.05) is 25.8 Å². The van der Waals surface area contributed by atoms with Gasteiger partial charge in [-0.25, -0.2) is 9.36 Å². The number of aryl methyl sites for hydroxylation is 3. The van der Waals surface area contributed by atoms with Crippen molar-refractivity contribution in [2.45, 2.75) is 13.8 Å². The van der Waals surface area contributed by atoms with Crippen LogP contribution in [0.4, 0.5) is 11.4 Å². The minimum Gasteiger partial charge on any atom is -0.355 e. The fourth-order valence-electron chi connectivity index (χ4n) is 3.47. The van der Waals surface area contributed by atoms with Crippen molar-refractivity contribution in [3.05, 3.63) is 96.9 Å². The Hall–Kier alpha value is -3.87. The molecule has 1 N–H and O–H groups in total.